The summed E-state index contributed by atoms with van der Waals surface area (Å²) in [4.78, 5) is 30.9. The van der Waals surface area contributed by atoms with Crippen LogP contribution >= 0.6 is 0 Å². The van der Waals surface area contributed by atoms with E-state index < -0.39 is 5.82 Å². The lowest BCUT2D eigenvalue weighted by Gasteiger charge is -2.33. The summed E-state index contributed by atoms with van der Waals surface area (Å²) in [6.07, 6.45) is 4.53. The third-order valence-corrected chi connectivity index (χ3v) is 5.94. The molecular weight excluding hydrogens is 435 g/mol. The number of nitrogens with one attached hydrogen (secondary N) is 1. The fraction of sp³-hybridized carbons (Fsp3) is 0.391. The molecule has 34 heavy (non-hydrogen) atoms. The van der Waals surface area contributed by atoms with E-state index in [9.17, 15) is 4.39 Å². The average molecular weight is 463 g/mol. The number of likely N-dealkylation sites (N-methyl/N-ethyl adjacent to an activating group) is 1. The fourth-order valence-corrected chi connectivity index (χ4v) is 4.15. The number of nitrogens with zero attached hydrogens (tertiary/aromatic N) is 9. The molecule has 0 atom stereocenters. The van der Waals surface area contributed by atoms with E-state index in [1.807, 2.05) is 43.7 Å². The van der Waals surface area contributed by atoms with Gasteiger partial charge >= 0.3 is 0 Å². The lowest BCUT2D eigenvalue weighted by Crippen LogP contribution is -2.44. The van der Waals surface area contributed by atoms with Gasteiger partial charge in [0.05, 0.1) is 24.3 Å². The monoisotopic (exact) mass is 462 g/mol. The fourth-order valence-electron chi connectivity index (χ4n) is 4.15. The Bertz CT molecular complexity index is 1310. The van der Waals surface area contributed by atoms with Gasteiger partial charge in [0.15, 0.2) is 17.3 Å². The maximum Gasteiger partial charge on any atom is 0.229 e. The molecule has 5 rings (SSSR count). The molecule has 0 unspecified atom stereocenters. The molecule has 4 aromatic rings. The Hall–Kier alpha value is -3.73. The molecule has 0 aromatic carbocycles. The molecule has 1 aliphatic rings. The molecule has 1 fully saturated rings. The molecule has 176 valence electrons. The van der Waals surface area contributed by atoms with Crippen LogP contribution in [-0.2, 0) is 0 Å². The van der Waals surface area contributed by atoms with Crippen molar-refractivity contribution in [3.05, 3.63) is 42.4 Å². The smallest absolute Gasteiger partial charge is 0.229 e. The largest absolute Gasteiger partial charge is 0.368 e. The number of hydrogen-bond donors (Lipinski definition) is 1. The number of imidazole rings is 1. The van der Waals surface area contributed by atoms with Crippen molar-refractivity contribution in [1.29, 1.82) is 0 Å². The second-order valence-electron chi connectivity index (χ2n) is 8.73. The second kappa shape index (κ2) is 8.90. The molecule has 5 heterocycles. The van der Waals surface area contributed by atoms with Crippen LogP contribution in [0.1, 0.15) is 25.7 Å². The predicted octanol–water partition coefficient (Wildman–Crippen LogP) is 3.20. The van der Waals surface area contributed by atoms with E-state index in [-0.39, 0.29) is 23.5 Å². The Labute approximate surface area is 196 Å². The Kier molecular flexibility index (Phi) is 5.78. The highest BCUT2D eigenvalue weighted by Crippen LogP contribution is 2.24. The summed E-state index contributed by atoms with van der Waals surface area (Å²) >= 11 is 0. The minimum atomic E-state index is -0.601. The Morgan fingerprint density at radius 3 is 2.44 bits per heavy atom. The van der Waals surface area contributed by atoms with Gasteiger partial charge in [-0.25, -0.2) is 34.3 Å². The average Bonchev–Trinajstić information content (AvgIpc) is 3.16. The summed E-state index contributed by atoms with van der Waals surface area (Å²) in [5.74, 6) is 1.19. The van der Waals surface area contributed by atoms with Crippen molar-refractivity contribution in [2.75, 3.05) is 43.4 Å². The normalized spacial score (nSPS) is 14.8. The number of anilines is 3. The number of rotatable bonds is 5. The van der Waals surface area contributed by atoms with E-state index in [4.69, 9.17) is 0 Å². The van der Waals surface area contributed by atoms with Crippen LogP contribution in [0.3, 0.4) is 0 Å². The van der Waals surface area contributed by atoms with Crippen LogP contribution in [0.15, 0.2) is 30.7 Å². The lowest BCUT2D eigenvalue weighted by molar-refractivity contribution is 0.313. The van der Waals surface area contributed by atoms with Gasteiger partial charge in [-0.2, -0.15) is 0 Å². The van der Waals surface area contributed by atoms with Crippen molar-refractivity contribution >= 4 is 28.6 Å². The van der Waals surface area contributed by atoms with E-state index in [0.29, 0.717) is 17.0 Å². The molecule has 0 bridgehead atoms. The predicted molar refractivity (Wildman–Crippen MR) is 129 cm³/mol. The first-order chi connectivity index (χ1) is 16.4. The van der Waals surface area contributed by atoms with E-state index >= 15 is 0 Å². The topological polar surface area (TPSA) is 101 Å². The van der Waals surface area contributed by atoms with Crippen LogP contribution in [0.4, 0.5) is 21.8 Å². The van der Waals surface area contributed by atoms with Crippen LogP contribution in [0.2, 0.25) is 0 Å². The Morgan fingerprint density at radius 2 is 1.74 bits per heavy atom. The van der Waals surface area contributed by atoms with Gasteiger partial charge < -0.3 is 19.7 Å². The van der Waals surface area contributed by atoms with Crippen molar-refractivity contribution in [2.24, 2.45) is 0 Å². The summed E-state index contributed by atoms with van der Waals surface area (Å²) in [5, 5.41) is 3.05. The molecule has 0 spiro atoms. The minimum absolute atomic E-state index is 0.0163. The zero-order valence-corrected chi connectivity index (χ0v) is 19.7. The van der Waals surface area contributed by atoms with Crippen LogP contribution < -0.4 is 10.2 Å². The second-order valence-corrected chi connectivity index (χ2v) is 8.73. The number of fused-ring (bicyclic) bond motifs is 1. The van der Waals surface area contributed by atoms with Crippen LogP contribution in [0.5, 0.6) is 0 Å². The maximum atomic E-state index is 14.7. The number of piperazine rings is 1. The van der Waals surface area contributed by atoms with Gasteiger partial charge in [-0.05, 0) is 40.0 Å². The minimum Gasteiger partial charge on any atom is -0.368 e. The van der Waals surface area contributed by atoms with Gasteiger partial charge in [0, 0.05) is 32.2 Å². The summed E-state index contributed by atoms with van der Waals surface area (Å²) in [6, 6.07) is 4.03. The molecule has 0 radical (unpaired) electrons. The highest BCUT2D eigenvalue weighted by molar-refractivity contribution is 5.73. The molecule has 0 amide bonds. The van der Waals surface area contributed by atoms with E-state index in [1.165, 1.54) is 0 Å². The highest BCUT2D eigenvalue weighted by atomic mass is 19.1. The van der Waals surface area contributed by atoms with E-state index in [2.05, 4.69) is 52.1 Å². The molecule has 1 aliphatic heterocycles. The zero-order valence-electron chi connectivity index (χ0n) is 19.7. The maximum absolute atomic E-state index is 14.7. The van der Waals surface area contributed by atoms with Crippen molar-refractivity contribution < 1.29 is 4.39 Å². The third kappa shape index (κ3) is 4.26. The number of aryl methyl sites for hydroxylation is 1. The zero-order chi connectivity index (χ0) is 23.8. The third-order valence-electron chi connectivity index (χ3n) is 5.94. The summed E-state index contributed by atoms with van der Waals surface area (Å²) in [5.41, 5.74) is 2.39. The Morgan fingerprint density at radius 1 is 0.941 bits per heavy atom. The van der Waals surface area contributed by atoms with Gasteiger partial charge in [-0.3, -0.25) is 0 Å². The number of aromatic nitrogens is 7. The first-order valence-corrected chi connectivity index (χ1v) is 11.3. The first kappa shape index (κ1) is 22.1. The molecule has 0 saturated carbocycles. The Balaban J connectivity index is 1.39. The van der Waals surface area contributed by atoms with E-state index in [0.717, 1.165) is 43.9 Å². The molecule has 11 heteroatoms. The molecule has 1 N–H and O–H groups in total. The van der Waals surface area contributed by atoms with Gasteiger partial charge in [0.25, 0.3) is 0 Å². The van der Waals surface area contributed by atoms with Crippen molar-refractivity contribution in [2.45, 2.75) is 26.8 Å². The highest BCUT2D eigenvalue weighted by Gasteiger charge is 2.18. The van der Waals surface area contributed by atoms with Crippen LogP contribution in [-0.4, -0.2) is 72.6 Å². The lowest BCUT2D eigenvalue weighted by atomic mass is 10.3. The SMILES string of the molecule is Cc1nc2cnc(-c3nc(Nc4ccc(N5CCN(C)CC5)cn4)ncc3F)nc2n1C(C)C. The van der Waals surface area contributed by atoms with Gasteiger partial charge in [0.1, 0.15) is 22.9 Å². The van der Waals surface area contributed by atoms with Crippen molar-refractivity contribution in [3.8, 4) is 11.5 Å². The van der Waals surface area contributed by atoms with E-state index in [1.54, 1.807) is 6.20 Å². The van der Waals surface area contributed by atoms with Gasteiger partial charge in [-0.15, -0.1) is 0 Å². The van der Waals surface area contributed by atoms with Gasteiger partial charge in [0.2, 0.25) is 5.95 Å². The van der Waals surface area contributed by atoms with Gasteiger partial charge in [-0.1, -0.05) is 0 Å². The van der Waals surface area contributed by atoms with Crippen molar-refractivity contribution in [1.82, 2.24) is 39.4 Å². The summed E-state index contributed by atoms with van der Waals surface area (Å²) < 4.78 is 16.7. The first-order valence-electron chi connectivity index (χ1n) is 11.3. The van der Waals surface area contributed by atoms with Crippen molar-refractivity contribution in [3.63, 3.8) is 0 Å². The standard InChI is InChI=1S/C23H27FN10/c1-14(2)34-15(3)28-18-13-26-21(31-22(18)34)20-17(24)12-27-23(30-20)29-19-6-5-16(11-25-19)33-9-7-32(4)8-10-33/h5-6,11-14H,7-10H2,1-4H3,(H,25,27,29,30). The van der Waals surface area contributed by atoms with Crippen LogP contribution in [0, 0.1) is 12.7 Å². The molecule has 10 nitrogen and oxygen atoms in total. The number of pyridine rings is 1. The van der Waals surface area contributed by atoms with Crippen LogP contribution in [0.25, 0.3) is 22.7 Å². The molecular formula is C23H27FN10. The quantitative estimate of drug-likeness (QED) is 0.479. The molecule has 1 saturated heterocycles. The number of hydrogen-bond acceptors (Lipinski definition) is 9. The number of halogens is 1. The molecule has 4 aromatic heterocycles. The summed E-state index contributed by atoms with van der Waals surface area (Å²) in [6.45, 7) is 9.99. The molecule has 0 aliphatic carbocycles. The summed E-state index contributed by atoms with van der Waals surface area (Å²) in [7, 11) is 2.13.